The Labute approximate surface area is 98.7 Å². The number of aliphatic hydroxyl groups excluding tert-OH is 1. The molecule has 80 valence electrons. The minimum Gasteiger partial charge on any atom is -0.387 e. The molecule has 0 radical (unpaired) electrons. The first-order valence-corrected chi connectivity index (χ1v) is 5.81. The molecule has 2 atom stereocenters. The number of benzene rings is 1. The number of nitrogens with zero attached hydrogens (tertiary/aromatic N) is 1. The van der Waals surface area contributed by atoms with E-state index in [4.69, 9.17) is 5.26 Å². The first-order chi connectivity index (χ1) is 7.19. The number of rotatable bonds is 4. The molecule has 0 saturated carbocycles. The maximum absolute atomic E-state index is 9.96. The summed E-state index contributed by atoms with van der Waals surface area (Å²) in [5.41, 5.74) is 0.804. The van der Waals surface area contributed by atoms with E-state index in [9.17, 15) is 5.11 Å². The number of hydrogen-bond acceptors (Lipinski definition) is 2. The van der Waals surface area contributed by atoms with Crippen LogP contribution in [0.15, 0.2) is 28.7 Å². The van der Waals surface area contributed by atoms with Gasteiger partial charge in [-0.15, -0.1) is 0 Å². The van der Waals surface area contributed by atoms with Crippen molar-refractivity contribution < 1.29 is 5.11 Å². The molecule has 3 heteroatoms. The third-order valence-electron chi connectivity index (χ3n) is 2.36. The van der Waals surface area contributed by atoms with Gasteiger partial charge in [-0.3, -0.25) is 0 Å². The molecule has 0 saturated heterocycles. The zero-order valence-corrected chi connectivity index (χ0v) is 10.2. The molecular weight excluding hydrogens is 254 g/mol. The van der Waals surface area contributed by atoms with Gasteiger partial charge in [0.25, 0.3) is 0 Å². The summed E-state index contributed by atoms with van der Waals surface area (Å²) in [6.45, 7) is 2.01. The Kier molecular flexibility index (Phi) is 4.80. The van der Waals surface area contributed by atoms with Crippen LogP contribution in [0.2, 0.25) is 0 Å². The van der Waals surface area contributed by atoms with E-state index in [1.165, 1.54) is 0 Å². The maximum Gasteiger partial charge on any atom is 0.0948 e. The second-order valence-corrected chi connectivity index (χ2v) is 4.44. The fourth-order valence-corrected chi connectivity index (χ4v) is 1.76. The van der Waals surface area contributed by atoms with Crippen molar-refractivity contribution in [2.45, 2.75) is 25.9 Å². The van der Waals surface area contributed by atoms with E-state index in [1.807, 2.05) is 31.2 Å². The Morgan fingerprint density at radius 2 is 2.00 bits per heavy atom. The van der Waals surface area contributed by atoms with Crippen LogP contribution in [0, 0.1) is 17.2 Å². The fraction of sp³-hybridized carbons (Fsp3) is 0.417. The van der Waals surface area contributed by atoms with Crippen molar-refractivity contribution in [2.75, 3.05) is 0 Å². The Hall–Kier alpha value is -0.850. The highest BCUT2D eigenvalue weighted by Gasteiger charge is 2.19. The van der Waals surface area contributed by atoms with E-state index in [0.29, 0.717) is 0 Å². The van der Waals surface area contributed by atoms with E-state index < -0.39 is 6.10 Å². The summed E-state index contributed by atoms with van der Waals surface area (Å²) in [7, 11) is 0. The van der Waals surface area contributed by atoms with Crippen molar-refractivity contribution in [3.8, 4) is 6.07 Å². The summed E-state index contributed by atoms with van der Waals surface area (Å²) in [6.07, 6.45) is 0.961. The highest BCUT2D eigenvalue weighted by Crippen LogP contribution is 2.26. The average molecular weight is 268 g/mol. The molecule has 0 aromatic heterocycles. The lowest BCUT2D eigenvalue weighted by molar-refractivity contribution is 0.130. The van der Waals surface area contributed by atoms with Gasteiger partial charge in [0.15, 0.2) is 0 Å². The quantitative estimate of drug-likeness (QED) is 0.909. The Bertz CT molecular complexity index is 342. The van der Waals surface area contributed by atoms with Gasteiger partial charge in [0, 0.05) is 4.47 Å². The Balaban J connectivity index is 2.79. The van der Waals surface area contributed by atoms with Gasteiger partial charge >= 0.3 is 0 Å². The van der Waals surface area contributed by atoms with Gasteiger partial charge in [-0.1, -0.05) is 41.4 Å². The fourth-order valence-electron chi connectivity index (χ4n) is 1.50. The molecule has 2 unspecified atom stereocenters. The van der Waals surface area contributed by atoms with Crippen LogP contribution < -0.4 is 0 Å². The van der Waals surface area contributed by atoms with Crippen molar-refractivity contribution in [3.05, 3.63) is 34.3 Å². The summed E-state index contributed by atoms with van der Waals surface area (Å²) in [5, 5.41) is 18.9. The molecule has 1 aromatic rings. The van der Waals surface area contributed by atoms with Crippen molar-refractivity contribution in [1.82, 2.24) is 0 Å². The third kappa shape index (κ3) is 3.33. The molecule has 0 aliphatic carbocycles. The van der Waals surface area contributed by atoms with Crippen LogP contribution in [-0.2, 0) is 0 Å². The smallest absolute Gasteiger partial charge is 0.0948 e. The molecule has 0 heterocycles. The van der Waals surface area contributed by atoms with E-state index in [2.05, 4.69) is 22.0 Å². The molecule has 1 N–H and O–H groups in total. The average Bonchev–Trinajstić information content (AvgIpc) is 2.26. The highest BCUT2D eigenvalue weighted by molar-refractivity contribution is 9.10. The van der Waals surface area contributed by atoms with E-state index >= 15 is 0 Å². The molecular formula is C12H14BrNO. The van der Waals surface area contributed by atoms with E-state index in [0.717, 1.165) is 22.9 Å². The lowest BCUT2D eigenvalue weighted by Gasteiger charge is -2.16. The van der Waals surface area contributed by atoms with Gasteiger partial charge in [0.05, 0.1) is 18.1 Å². The zero-order valence-electron chi connectivity index (χ0n) is 8.65. The highest BCUT2D eigenvalue weighted by atomic mass is 79.9. The lowest BCUT2D eigenvalue weighted by atomic mass is 9.93. The molecule has 0 aliphatic heterocycles. The molecule has 1 rings (SSSR count). The van der Waals surface area contributed by atoms with Crippen LogP contribution in [0.3, 0.4) is 0 Å². The maximum atomic E-state index is 9.96. The number of aliphatic hydroxyl groups is 1. The molecule has 2 nitrogen and oxygen atoms in total. The van der Waals surface area contributed by atoms with Crippen LogP contribution >= 0.6 is 15.9 Å². The van der Waals surface area contributed by atoms with E-state index in [-0.39, 0.29) is 5.92 Å². The Morgan fingerprint density at radius 1 is 1.40 bits per heavy atom. The SMILES string of the molecule is CCCC(C#N)C(O)c1ccc(Br)cc1. The summed E-state index contributed by atoms with van der Waals surface area (Å²) in [6, 6.07) is 9.59. The zero-order chi connectivity index (χ0) is 11.3. The van der Waals surface area contributed by atoms with Crippen molar-refractivity contribution in [3.63, 3.8) is 0 Å². The summed E-state index contributed by atoms with van der Waals surface area (Å²) < 4.78 is 0.974. The molecule has 0 aliphatic rings. The molecule has 0 spiro atoms. The van der Waals surface area contributed by atoms with Crippen molar-refractivity contribution >= 4 is 15.9 Å². The first-order valence-electron chi connectivity index (χ1n) is 5.02. The molecule has 0 amide bonds. The Morgan fingerprint density at radius 3 is 2.47 bits per heavy atom. The minimum absolute atomic E-state index is 0.309. The second kappa shape index (κ2) is 5.89. The lowest BCUT2D eigenvalue weighted by Crippen LogP contribution is -2.10. The van der Waals surface area contributed by atoms with Gasteiger partial charge in [-0.25, -0.2) is 0 Å². The van der Waals surface area contributed by atoms with Gasteiger partial charge < -0.3 is 5.11 Å². The molecule has 0 fully saturated rings. The van der Waals surface area contributed by atoms with E-state index in [1.54, 1.807) is 0 Å². The largest absolute Gasteiger partial charge is 0.387 e. The van der Waals surface area contributed by atoms with Crippen molar-refractivity contribution in [1.29, 1.82) is 5.26 Å². The van der Waals surface area contributed by atoms with Gasteiger partial charge in [-0.05, 0) is 24.1 Å². The van der Waals surface area contributed by atoms with Crippen LogP contribution in [0.5, 0.6) is 0 Å². The van der Waals surface area contributed by atoms with Gasteiger partial charge in [0.2, 0.25) is 0 Å². The second-order valence-electron chi connectivity index (χ2n) is 3.52. The predicted molar refractivity (Wildman–Crippen MR) is 63.1 cm³/mol. The van der Waals surface area contributed by atoms with Crippen LogP contribution in [-0.4, -0.2) is 5.11 Å². The summed E-state index contributed by atoms with van der Waals surface area (Å²) in [4.78, 5) is 0. The minimum atomic E-state index is -0.678. The number of nitriles is 1. The number of halogens is 1. The van der Waals surface area contributed by atoms with Gasteiger partial charge in [-0.2, -0.15) is 5.26 Å². The topological polar surface area (TPSA) is 44.0 Å². The number of hydrogen-bond donors (Lipinski definition) is 1. The van der Waals surface area contributed by atoms with Crippen LogP contribution in [0.4, 0.5) is 0 Å². The summed E-state index contributed by atoms with van der Waals surface area (Å²) >= 11 is 3.33. The predicted octanol–water partition coefficient (Wildman–Crippen LogP) is 3.42. The molecule has 1 aromatic carbocycles. The monoisotopic (exact) mass is 267 g/mol. The third-order valence-corrected chi connectivity index (χ3v) is 2.89. The summed E-state index contributed by atoms with van der Waals surface area (Å²) in [5.74, 6) is -0.309. The van der Waals surface area contributed by atoms with Crippen LogP contribution in [0.25, 0.3) is 0 Å². The molecule has 0 bridgehead atoms. The van der Waals surface area contributed by atoms with Crippen LogP contribution in [0.1, 0.15) is 31.4 Å². The van der Waals surface area contributed by atoms with Gasteiger partial charge in [0.1, 0.15) is 0 Å². The van der Waals surface area contributed by atoms with Crippen molar-refractivity contribution in [2.24, 2.45) is 5.92 Å². The normalized spacial score (nSPS) is 14.3. The first kappa shape index (κ1) is 12.2. The standard InChI is InChI=1S/C12H14BrNO/c1-2-3-10(8-14)12(15)9-4-6-11(13)7-5-9/h4-7,10,12,15H,2-3H2,1H3. The molecule has 15 heavy (non-hydrogen) atoms.